The van der Waals surface area contributed by atoms with E-state index in [1.165, 1.54) is 17.7 Å². The maximum Gasteiger partial charge on any atom is 0.328 e. The number of aliphatic imine (C=N–C) groups is 1. The normalized spacial score (nSPS) is 24.7. The van der Waals surface area contributed by atoms with Crippen molar-refractivity contribution in [1.29, 1.82) is 0 Å². The summed E-state index contributed by atoms with van der Waals surface area (Å²) in [7, 11) is 0. The highest BCUT2D eigenvalue weighted by Gasteiger charge is 2.54. The van der Waals surface area contributed by atoms with E-state index in [-0.39, 0.29) is 30.0 Å². The number of ether oxygens (including phenoxy) is 1. The van der Waals surface area contributed by atoms with Crippen molar-refractivity contribution >= 4 is 17.6 Å². The number of carbonyl (C=O) groups excluding carboxylic acids is 1. The van der Waals surface area contributed by atoms with E-state index < -0.39 is 5.54 Å². The number of carbonyl (C=O) groups is 1. The summed E-state index contributed by atoms with van der Waals surface area (Å²) in [6, 6.07) is 14.5. The lowest BCUT2D eigenvalue weighted by atomic mass is 9.81. The number of nitrogens with one attached hydrogen (secondary N) is 1. The van der Waals surface area contributed by atoms with E-state index in [9.17, 15) is 9.18 Å². The number of urea groups is 1. The summed E-state index contributed by atoms with van der Waals surface area (Å²) >= 11 is 0. The third-order valence-corrected chi connectivity index (χ3v) is 7.39. The van der Waals surface area contributed by atoms with Crippen LogP contribution in [0.2, 0.25) is 0 Å². The molecule has 7 heteroatoms. The van der Waals surface area contributed by atoms with Crippen LogP contribution in [0.4, 0.5) is 14.9 Å². The first kappa shape index (κ1) is 26.1. The third-order valence-electron chi connectivity index (χ3n) is 7.39. The standard InChI is InChI=1S/C29H39FN4O2/c1-19(2)22(6)31-27-29(34(28(35)32-27)25-11-8-10-24(30)16-25)13-14-33(21(5)17-29)18-23-9-7-12-26(15-23)36-20(3)4/h7-12,15-16,19-22H,13-14,17-18H2,1-6H3,(H,31,32,35)/t21?,22-,29?/m0/s1. The highest BCUT2D eigenvalue weighted by atomic mass is 19.1. The molecule has 2 aromatic rings. The Morgan fingerprint density at radius 3 is 2.56 bits per heavy atom. The van der Waals surface area contributed by atoms with Crippen LogP contribution in [0.15, 0.2) is 53.5 Å². The van der Waals surface area contributed by atoms with Crippen molar-refractivity contribution in [3.05, 3.63) is 59.9 Å². The highest BCUT2D eigenvalue weighted by Crippen LogP contribution is 2.41. The van der Waals surface area contributed by atoms with Crippen molar-refractivity contribution in [2.75, 3.05) is 11.4 Å². The van der Waals surface area contributed by atoms with Crippen LogP contribution in [-0.2, 0) is 6.54 Å². The molecule has 0 bridgehead atoms. The van der Waals surface area contributed by atoms with Crippen molar-refractivity contribution in [2.45, 2.75) is 84.7 Å². The molecule has 1 N–H and O–H groups in total. The van der Waals surface area contributed by atoms with Gasteiger partial charge in [0.1, 0.15) is 22.9 Å². The molecule has 2 heterocycles. The van der Waals surface area contributed by atoms with E-state index in [0.29, 0.717) is 30.3 Å². The van der Waals surface area contributed by atoms with Crippen molar-refractivity contribution < 1.29 is 13.9 Å². The smallest absolute Gasteiger partial charge is 0.328 e. The number of hydrogen-bond acceptors (Lipinski definition) is 4. The first-order valence-electron chi connectivity index (χ1n) is 13.0. The van der Waals surface area contributed by atoms with Gasteiger partial charge in [0.2, 0.25) is 0 Å². The van der Waals surface area contributed by atoms with Crippen LogP contribution in [-0.4, -0.2) is 47.0 Å². The monoisotopic (exact) mass is 494 g/mol. The number of benzene rings is 2. The van der Waals surface area contributed by atoms with Gasteiger partial charge in [0.25, 0.3) is 0 Å². The summed E-state index contributed by atoms with van der Waals surface area (Å²) in [5, 5.41) is 3.06. The third kappa shape index (κ3) is 5.41. The van der Waals surface area contributed by atoms with Crippen LogP contribution in [0, 0.1) is 11.7 Å². The Balaban J connectivity index is 1.63. The SMILES string of the molecule is CC(C)Oc1cccc(CN2CCC3(CC2C)C(=N[C@@H](C)C(C)C)NC(=O)N3c2cccc(F)c2)c1. The van der Waals surface area contributed by atoms with Gasteiger partial charge in [-0.15, -0.1) is 0 Å². The Morgan fingerprint density at radius 2 is 1.89 bits per heavy atom. The second-order valence-corrected chi connectivity index (χ2v) is 10.8. The quantitative estimate of drug-likeness (QED) is 0.513. The van der Waals surface area contributed by atoms with Gasteiger partial charge in [-0.2, -0.15) is 0 Å². The fourth-order valence-electron chi connectivity index (χ4n) is 5.20. The summed E-state index contributed by atoms with van der Waals surface area (Å²) in [5.41, 5.74) is 1.13. The van der Waals surface area contributed by atoms with Crippen molar-refractivity contribution in [3.8, 4) is 5.75 Å². The van der Waals surface area contributed by atoms with E-state index in [1.54, 1.807) is 17.0 Å². The van der Waals surface area contributed by atoms with Gasteiger partial charge in [-0.3, -0.25) is 20.1 Å². The number of halogens is 1. The summed E-state index contributed by atoms with van der Waals surface area (Å²) in [6.07, 6.45) is 1.54. The number of piperidine rings is 1. The van der Waals surface area contributed by atoms with Crippen LogP contribution in [0.3, 0.4) is 0 Å². The minimum Gasteiger partial charge on any atom is -0.491 e. The highest BCUT2D eigenvalue weighted by molar-refractivity contribution is 6.19. The van der Waals surface area contributed by atoms with Gasteiger partial charge in [-0.05, 0) is 82.3 Å². The van der Waals surface area contributed by atoms with Gasteiger partial charge in [-0.1, -0.05) is 32.0 Å². The Bertz CT molecular complexity index is 1120. The first-order valence-corrected chi connectivity index (χ1v) is 13.0. The fourth-order valence-corrected chi connectivity index (χ4v) is 5.20. The van der Waals surface area contributed by atoms with Crippen LogP contribution in [0.25, 0.3) is 0 Å². The average Bonchev–Trinajstić information content (AvgIpc) is 3.05. The predicted molar refractivity (Wildman–Crippen MR) is 143 cm³/mol. The Morgan fingerprint density at radius 1 is 1.14 bits per heavy atom. The fraction of sp³-hybridized carbons (Fsp3) is 0.517. The lowest BCUT2D eigenvalue weighted by Crippen LogP contribution is -2.59. The number of amides is 2. The minimum atomic E-state index is -0.632. The molecular weight excluding hydrogens is 455 g/mol. The molecule has 0 radical (unpaired) electrons. The zero-order chi connectivity index (χ0) is 26.0. The number of amidine groups is 1. The molecule has 3 atom stereocenters. The van der Waals surface area contributed by atoms with Gasteiger partial charge in [-0.25, -0.2) is 9.18 Å². The number of likely N-dealkylation sites (tertiary alicyclic amines) is 1. The molecule has 2 aromatic carbocycles. The molecule has 4 rings (SSSR count). The maximum absolute atomic E-state index is 14.2. The molecule has 2 aliphatic rings. The molecule has 0 saturated carbocycles. The molecule has 0 aromatic heterocycles. The topological polar surface area (TPSA) is 57.2 Å². The average molecular weight is 495 g/mol. The summed E-state index contributed by atoms with van der Waals surface area (Å²) in [5.74, 6) is 1.57. The molecule has 2 aliphatic heterocycles. The number of anilines is 1. The maximum atomic E-state index is 14.2. The molecule has 2 amide bonds. The summed E-state index contributed by atoms with van der Waals surface area (Å²) < 4.78 is 20.1. The van der Waals surface area contributed by atoms with E-state index in [1.807, 2.05) is 26.0 Å². The molecule has 2 unspecified atom stereocenters. The molecule has 6 nitrogen and oxygen atoms in total. The van der Waals surface area contributed by atoms with Gasteiger partial charge < -0.3 is 4.74 Å². The lowest BCUT2D eigenvalue weighted by molar-refractivity contribution is 0.123. The van der Waals surface area contributed by atoms with E-state index in [2.05, 4.69) is 50.0 Å². The lowest BCUT2D eigenvalue weighted by Gasteiger charge is -2.47. The molecule has 2 saturated heterocycles. The first-order chi connectivity index (χ1) is 17.1. The number of nitrogens with zero attached hydrogens (tertiary/aromatic N) is 3. The Kier molecular flexibility index (Phi) is 7.69. The molecule has 36 heavy (non-hydrogen) atoms. The van der Waals surface area contributed by atoms with Crippen LogP contribution in [0.1, 0.15) is 59.9 Å². The van der Waals surface area contributed by atoms with Gasteiger partial charge in [0.15, 0.2) is 0 Å². The van der Waals surface area contributed by atoms with Crippen LogP contribution < -0.4 is 15.0 Å². The second-order valence-electron chi connectivity index (χ2n) is 10.8. The van der Waals surface area contributed by atoms with Crippen molar-refractivity contribution in [2.24, 2.45) is 10.9 Å². The molecule has 1 spiro atoms. The van der Waals surface area contributed by atoms with Gasteiger partial charge in [0, 0.05) is 24.8 Å². The molecule has 2 fully saturated rings. The van der Waals surface area contributed by atoms with E-state index >= 15 is 0 Å². The van der Waals surface area contributed by atoms with Crippen LogP contribution in [0.5, 0.6) is 5.75 Å². The van der Waals surface area contributed by atoms with Crippen molar-refractivity contribution in [1.82, 2.24) is 10.2 Å². The molecular formula is C29H39FN4O2. The number of rotatable bonds is 7. The predicted octanol–water partition coefficient (Wildman–Crippen LogP) is 6.01. The second kappa shape index (κ2) is 10.6. The molecule has 0 aliphatic carbocycles. The van der Waals surface area contributed by atoms with Crippen molar-refractivity contribution in [3.63, 3.8) is 0 Å². The zero-order valence-electron chi connectivity index (χ0n) is 22.3. The summed E-state index contributed by atoms with van der Waals surface area (Å²) in [4.78, 5) is 22.5. The Hall–Kier alpha value is -2.93. The number of hydrogen-bond donors (Lipinski definition) is 1. The van der Waals surface area contributed by atoms with Crippen LogP contribution >= 0.6 is 0 Å². The zero-order valence-corrected chi connectivity index (χ0v) is 22.3. The van der Waals surface area contributed by atoms with Gasteiger partial charge >= 0.3 is 6.03 Å². The minimum absolute atomic E-state index is 0.0571. The van der Waals surface area contributed by atoms with Gasteiger partial charge in [0.05, 0.1) is 12.1 Å². The van der Waals surface area contributed by atoms with E-state index in [4.69, 9.17) is 9.73 Å². The molecule has 194 valence electrons. The largest absolute Gasteiger partial charge is 0.491 e. The summed E-state index contributed by atoms with van der Waals surface area (Å²) in [6.45, 7) is 14.2. The van der Waals surface area contributed by atoms with E-state index in [0.717, 1.165) is 18.8 Å². The Labute approximate surface area is 214 Å².